The lowest BCUT2D eigenvalue weighted by molar-refractivity contribution is -0.119. The van der Waals surface area contributed by atoms with Crippen LogP contribution in [0.3, 0.4) is 0 Å². The van der Waals surface area contributed by atoms with Gasteiger partial charge in [0.1, 0.15) is 5.75 Å². The third-order valence-corrected chi connectivity index (χ3v) is 5.85. The number of hydrogen-bond donors (Lipinski definition) is 2. The standard InChI is InChI=1S/C19H19Cl2N5O2S/c1-11(12-7-8-14(20)15(21)9-12)23-17(27)10-29-19-25-24-18(26(19)22)13-5-3-4-6-16(13)28-2/h3-9,11H,10,22H2,1-2H3,(H,23,27). The van der Waals surface area contributed by atoms with Gasteiger partial charge in [0.05, 0.1) is 34.5 Å². The first-order valence-electron chi connectivity index (χ1n) is 8.61. The normalized spacial score (nSPS) is 11.9. The van der Waals surface area contributed by atoms with Crippen LogP contribution in [0.25, 0.3) is 11.4 Å². The van der Waals surface area contributed by atoms with Gasteiger partial charge in [-0.25, -0.2) is 4.68 Å². The summed E-state index contributed by atoms with van der Waals surface area (Å²) in [6, 6.07) is 12.4. The molecule has 7 nitrogen and oxygen atoms in total. The predicted molar refractivity (Wildman–Crippen MR) is 116 cm³/mol. The van der Waals surface area contributed by atoms with Crippen LogP contribution in [0, 0.1) is 0 Å². The monoisotopic (exact) mass is 451 g/mol. The van der Waals surface area contributed by atoms with Crippen molar-refractivity contribution >= 4 is 40.9 Å². The summed E-state index contributed by atoms with van der Waals surface area (Å²) in [7, 11) is 1.57. The van der Waals surface area contributed by atoms with E-state index in [1.165, 1.54) is 16.4 Å². The topological polar surface area (TPSA) is 95.1 Å². The van der Waals surface area contributed by atoms with Crippen molar-refractivity contribution in [2.45, 2.75) is 18.1 Å². The quantitative estimate of drug-likeness (QED) is 0.417. The number of amides is 1. The number of hydrogen-bond acceptors (Lipinski definition) is 6. The first-order valence-corrected chi connectivity index (χ1v) is 10.4. The highest BCUT2D eigenvalue weighted by Crippen LogP contribution is 2.29. The molecule has 1 atom stereocenters. The first kappa shape index (κ1) is 21.3. The summed E-state index contributed by atoms with van der Waals surface area (Å²) in [5, 5.41) is 12.5. The minimum absolute atomic E-state index is 0.132. The number of carbonyl (C=O) groups excluding carboxylic acids is 1. The van der Waals surface area contributed by atoms with Crippen LogP contribution in [-0.4, -0.2) is 33.6 Å². The number of methoxy groups -OCH3 is 1. The van der Waals surface area contributed by atoms with Gasteiger partial charge in [-0.05, 0) is 36.8 Å². The van der Waals surface area contributed by atoms with Gasteiger partial charge in [0.25, 0.3) is 0 Å². The molecule has 2 aromatic carbocycles. The Hall–Kier alpha value is -2.42. The zero-order valence-corrected chi connectivity index (χ0v) is 18.1. The van der Waals surface area contributed by atoms with Gasteiger partial charge in [0, 0.05) is 0 Å². The fourth-order valence-electron chi connectivity index (χ4n) is 2.67. The van der Waals surface area contributed by atoms with Gasteiger partial charge in [0.15, 0.2) is 5.82 Å². The fourth-order valence-corrected chi connectivity index (χ4v) is 3.64. The second-order valence-corrected chi connectivity index (χ2v) is 7.88. The lowest BCUT2D eigenvalue weighted by atomic mass is 10.1. The Morgan fingerprint density at radius 2 is 2.00 bits per heavy atom. The fraction of sp³-hybridized carbons (Fsp3) is 0.211. The number of benzene rings is 2. The Labute approximate surface area is 182 Å². The maximum atomic E-state index is 12.3. The molecule has 0 spiro atoms. The molecule has 0 fully saturated rings. The van der Waals surface area contributed by atoms with Crippen LogP contribution in [0.1, 0.15) is 18.5 Å². The van der Waals surface area contributed by atoms with E-state index < -0.39 is 0 Å². The highest BCUT2D eigenvalue weighted by molar-refractivity contribution is 7.99. The number of rotatable bonds is 7. The second-order valence-electron chi connectivity index (χ2n) is 6.13. The molecule has 0 saturated heterocycles. The van der Waals surface area contributed by atoms with E-state index in [4.69, 9.17) is 33.8 Å². The predicted octanol–water partition coefficient (Wildman–Crippen LogP) is 3.94. The van der Waals surface area contributed by atoms with E-state index in [2.05, 4.69) is 15.5 Å². The highest BCUT2D eigenvalue weighted by Gasteiger charge is 2.17. The number of ether oxygens (including phenoxy) is 1. The molecule has 1 heterocycles. The molecule has 3 aromatic rings. The summed E-state index contributed by atoms with van der Waals surface area (Å²) >= 11 is 13.2. The maximum Gasteiger partial charge on any atom is 0.230 e. The highest BCUT2D eigenvalue weighted by atomic mass is 35.5. The summed E-state index contributed by atoms with van der Waals surface area (Å²) in [5.41, 5.74) is 1.58. The largest absolute Gasteiger partial charge is 0.496 e. The van der Waals surface area contributed by atoms with Crippen LogP contribution in [0.5, 0.6) is 5.75 Å². The molecular formula is C19H19Cl2N5O2S. The molecule has 29 heavy (non-hydrogen) atoms. The Balaban J connectivity index is 1.63. The molecule has 0 aliphatic carbocycles. The van der Waals surface area contributed by atoms with Crippen molar-refractivity contribution in [1.29, 1.82) is 0 Å². The van der Waals surface area contributed by atoms with E-state index in [1.54, 1.807) is 19.2 Å². The van der Waals surface area contributed by atoms with Crippen molar-refractivity contribution in [2.24, 2.45) is 0 Å². The van der Waals surface area contributed by atoms with E-state index in [0.717, 1.165) is 11.1 Å². The number of aromatic nitrogens is 3. The minimum atomic E-state index is -0.224. The molecule has 0 aliphatic rings. The number of halogens is 2. The second kappa shape index (κ2) is 9.39. The van der Waals surface area contributed by atoms with E-state index in [9.17, 15) is 4.79 Å². The summed E-state index contributed by atoms with van der Waals surface area (Å²) in [4.78, 5) is 12.3. The number of para-hydroxylation sites is 1. The van der Waals surface area contributed by atoms with Gasteiger partial charge in [-0.15, -0.1) is 10.2 Å². The Morgan fingerprint density at radius 3 is 2.72 bits per heavy atom. The molecule has 152 valence electrons. The Bertz CT molecular complexity index is 1030. The third kappa shape index (κ3) is 4.95. The number of nitrogen functional groups attached to an aromatic ring is 1. The number of nitrogens with two attached hydrogens (primary N) is 1. The molecule has 3 N–H and O–H groups in total. The van der Waals surface area contributed by atoms with Gasteiger partial charge >= 0.3 is 0 Å². The van der Waals surface area contributed by atoms with Crippen molar-refractivity contribution < 1.29 is 9.53 Å². The average Bonchev–Trinajstić information content (AvgIpc) is 3.08. The average molecular weight is 452 g/mol. The van der Waals surface area contributed by atoms with Crippen LogP contribution in [0.15, 0.2) is 47.6 Å². The first-order chi connectivity index (χ1) is 13.9. The SMILES string of the molecule is COc1ccccc1-c1nnc(SCC(=O)NC(C)c2ccc(Cl)c(Cl)c2)n1N. The molecule has 0 radical (unpaired) electrons. The van der Waals surface area contributed by atoms with E-state index in [-0.39, 0.29) is 17.7 Å². The zero-order valence-electron chi connectivity index (χ0n) is 15.7. The molecule has 1 aromatic heterocycles. The number of thioether (sulfide) groups is 1. The Kier molecular flexibility index (Phi) is 6.89. The van der Waals surface area contributed by atoms with Crippen molar-refractivity contribution in [2.75, 3.05) is 18.7 Å². The number of carbonyl (C=O) groups is 1. The van der Waals surface area contributed by atoms with Gasteiger partial charge in [-0.2, -0.15) is 0 Å². The smallest absolute Gasteiger partial charge is 0.230 e. The van der Waals surface area contributed by atoms with Crippen molar-refractivity contribution in [3.8, 4) is 17.1 Å². The lowest BCUT2D eigenvalue weighted by Crippen LogP contribution is -2.28. The molecule has 0 saturated carbocycles. The van der Waals surface area contributed by atoms with Crippen LogP contribution in [-0.2, 0) is 4.79 Å². The Morgan fingerprint density at radius 1 is 1.24 bits per heavy atom. The molecule has 0 bridgehead atoms. The van der Waals surface area contributed by atoms with E-state index in [1.807, 2.05) is 37.3 Å². The molecule has 1 unspecified atom stereocenters. The van der Waals surface area contributed by atoms with Crippen LogP contribution < -0.4 is 15.9 Å². The van der Waals surface area contributed by atoms with Gasteiger partial charge < -0.3 is 15.9 Å². The molecule has 3 rings (SSSR count). The minimum Gasteiger partial charge on any atom is -0.496 e. The van der Waals surface area contributed by atoms with Gasteiger partial charge in [0.2, 0.25) is 11.1 Å². The van der Waals surface area contributed by atoms with Crippen LogP contribution >= 0.6 is 35.0 Å². The van der Waals surface area contributed by atoms with E-state index in [0.29, 0.717) is 26.8 Å². The van der Waals surface area contributed by atoms with E-state index >= 15 is 0 Å². The molecule has 1 amide bonds. The molecule has 0 aliphatic heterocycles. The van der Waals surface area contributed by atoms with Crippen LogP contribution in [0.4, 0.5) is 0 Å². The summed E-state index contributed by atoms with van der Waals surface area (Å²) in [6.45, 7) is 1.87. The number of nitrogens with one attached hydrogen (secondary N) is 1. The molecule has 10 heteroatoms. The maximum absolute atomic E-state index is 12.3. The zero-order chi connectivity index (χ0) is 21.0. The third-order valence-electron chi connectivity index (χ3n) is 4.17. The summed E-state index contributed by atoms with van der Waals surface area (Å²) in [5.74, 6) is 7.17. The summed E-state index contributed by atoms with van der Waals surface area (Å²) in [6.07, 6.45) is 0. The van der Waals surface area contributed by atoms with Gasteiger partial charge in [-0.3, -0.25) is 4.79 Å². The van der Waals surface area contributed by atoms with Crippen LogP contribution in [0.2, 0.25) is 10.0 Å². The summed E-state index contributed by atoms with van der Waals surface area (Å²) < 4.78 is 6.68. The van der Waals surface area contributed by atoms with Crippen molar-refractivity contribution in [3.05, 3.63) is 58.1 Å². The number of nitrogens with zero attached hydrogens (tertiary/aromatic N) is 3. The molecular weight excluding hydrogens is 433 g/mol. The van der Waals surface area contributed by atoms with Gasteiger partial charge in [-0.1, -0.05) is 53.2 Å². The van der Waals surface area contributed by atoms with Crippen molar-refractivity contribution in [3.63, 3.8) is 0 Å². The lowest BCUT2D eigenvalue weighted by Gasteiger charge is -2.15. The van der Waals surface area contributed by atoms with Crippen molar-refractivity contribution in [1.82, 2.24) is 20.2 Å².